The summed E-state index contributed by atoms with van der Waals surface area (Å²) in [5.41, 5.74) is 3.69. The van der Waals surface area contributed by atoms with E-state index in [1.807, 2.05) is 30.3 Å². The molecule has 6 nitrogen and oxygen atoms in total. The number of benzene rings is 3. The number of thiazole rings is 1. The summed E-state index contributed by atoms with van der Waals surface area (Å²) >= 11 is 2.90. The van der Waals surface area contributed by atoms with Crippen LogP contribution in [0, 0.1) is 42.3 Å². The molecule has 2 amide bonds. The van der Waals surface area contributed by atoms with Crippen LogP contribution in [-0.2, 0) is 16.2 Å². The van der Waals surface area contributed by atoms with Crippen LogP contribution in [0.25, 0.3) is 0 Å². The second kappa shape index (κ2) is 9.67. The van der Waals surface area contributed by atoms with E-state index in [1.165, 1.54) is 40.5 Å². The molecule has 2 bridgehead atoms. The molecule has 7 atom stereocenters. The number of nitrogens with one attached hydrogen (secondary N) is 1. The number of thioether (sulfide) groups is 1. The molecule has 3 fully saturated rings. The summed E-state index contributed by atoms with van der Waals surface area (Å²) in [6, 6.07) is 21.7. The van der Waals surface area contributed by atoms with Gasteiger partial charge in [0.2, 0.25) is 11.8 Å². The molecule has 4 aliphatic rings. The van der Waals surface area contributed by atoms with Gasteiger partial charge in [-0.05, 0) is 72.6 Å². The van der Waals surface area contributed by atoms with Crippen LogP contribution >= 0.6 is 23.1 Å². The zero-order chi connectivity index (χ0) is 28.7. The van der Waals surface area contributed by atoms with E-state index < -0.39 is 17.7 Å². The molecule has 0 radical (unpaired) electrons. The maximum Gasteiger partial charge on any atom is 0.305 e. The van der Waals surface area contributed by atoms with Gasteiger partial charge in [0, 0.05) is 21.6 Å². The number of imide groups is 1. The highest BCUT2D eigenvalue weighted by molar-refractivity contribution is 8.00. The molecule has 1 N–H and O–H groups in total. The van der Waals surface area contributed by atoms with E-state index in [0.29, 0.717) is 12.3 Å². The predicted molar refractivity (Wildman–Crippen MR) is 159 cm³/mol. The Morgan fingerprint density at radius 2 is 1.64 bits per heavy atom. The Labute approximate surface area is 249 Å². The fourth-order valence-corrected chi connectivity index (χ4v) is 10.9. The lowest BCUT2D eigenvalue weighted by Gasteiger charge is -2.43. The van der Waals surface area contributed by atoms with E-state index in [-0.39, 0.29) is 45.6 Å². The van der Waals surface area contributed by atoms with Crippen LogP contribution in [0.5, 0.6) is 5.75 Å². The van der Waals surface area contributed by atoms with E-state index >= 15 is 0 Å². The third-order valence-corrected chi connectivity index (χ3v) is 12.3. The molecule has 5 unspecified atom stereocenters. The fraction of sp³-hybridized carbons (Fsp3) is 0.303. The van der Waals surface area contributed by atoms with Crippen LogP contribution in [-0.4, -0.2) is 22.0 Å². The molecule has 0 spiro atoms. The van der Waals surface area contributed by atoms with Crippen molar-refractivity contribution < 1.29 is 18.7 Å². The minimum atomic E-state index is -0.422. The molecule has 3 aromatic carbocycles. The number of H-pyrrole nitrogens is 1. The molecule has 3 heterocycles. The number of anilines is 1. The molecule has 4 aromatic rings. The third kappa shape index (κ3) is 3.79. The smallest absolute Gasteiger partial charge is 0.305 e. The van der Waals surface area contributed by atoms with Crippen LogP contribution < -0.4 is 14.5 Å². The SMILES string of the molecule is Cc1ccccc1COc1ccccc1C1c2sc(=O)[nH]c2SC2C1[C@H]1C[C@@H]2C2C(=O)N(c3ccc(F)cc3)C(=O)C21. The van der Waals surface area contributed by atoms with Crippen LogP contribution in [0.4, 0.5) is 10.1 Å². The Bertz CT molecular complexity index is 1800. The molecule has 212 valence electrons. The van der Waals surface area contributed by atoms with Crippen LogP contribution in [0.1, 0.15) is 33.9 Å². The van der Waals surface area contributed by atoms with Gasteiger partial charge in [-0.1, -0.05) is 53.8 Å². The topological polar surface area (TPSA) is 79.5 Å². The maximum absolute atomic E-state index is 13.9. The molecule has 2 aliphatic carbocycles. The quantitative estimate of drug-likeness (QED) is 0.279. The lowest BCUT2D eigenvalue weighted by molar-refractivity contribution is -0.123. The second-order valence-electron chi connectivity index (χ2n) is 11.7. The number of carbonyl (C=O) groups excluding carboxylic acids is 2. The predicted octanol–water partition coefficient (Wildman–Crippen LogP) is 6.14. The summed E-state index contributed by atoms with van der Waals surface area (Å²) in [5, 5.41) is 0.939. The minimum Gasteiger partial charge on any atom is -0.489 e. The molecule has 2 aliphatic heterocycles. The maximum atomic E-state index is 13.9. The molecule has 42 heavy (non-hydrogen) atoms. The number of ether oxygens (including phenoxy) is 1. The molecule has 8 rings (SSSR count). The zero-order valence-electron chi connectivity index (χ0n) is 22.7. The van der Waals surface area contributed by atoms with Gasteiger partial charge < -0.3 is 9.72 Å². The van der Waals surface area contributed by atoms with Crippen molar-refractivity contribution in [1.82, 2.24) is 4.98 Å². The van der Waals surface area contributed by atoms with Gasteiger partial charge in [0.05, 0.1) is 22.5 Å². The first-order chi connectivity index (χ1) is 20.4. The van der Waals surface area contributed by atoms with Crippen molar-refractivity contribution >= 4 is 40.6 Å². The highest BCUT2D eigenvalue weighted by Gasteiger charge is 2.69. The number of fused-ring (bicyclic) bond motifs is 9. The average molecular weight is 599 g/mol. The number of hydrogen-bond donors (Lipinski definition) is 1. The van der Waals surface area contributed by atoms with Crippen molar-refractivity contribution in [2.45, 2.75) is 36.1 Å². The Morgan fingerprint density at radius 1 is 0.929 bits per heavy atom. The van der Waals surface area contributed by atoms with E-state index in [9.17, 15) is 18.8 Å². The van der Waals surface area contributed by atoms with Crippen molar-refractivity contribution in [2.24, 2.45) is 29.6 Å². The molecular formula is C33H27FN2O4S2. The average Bonchev–Trinajstić information content (AvgIpc) is 3.72. The molecular weight excluding hydrogens is 572 g/mol. The van der Waals surface area contributed by atoms with Gasteiger partial charge in [0.25, 0.3) is 0 Å². The second-order valence-corrected chi connectivity index (χ2v) is 13.9. The lowest BCUT2D eigenvalue weighted by atomic mass is 9.68. The van der Waals surface area contributed by atoms with E-state index in [0.717, 1.165) is 38.8 Å². The van der Waals surface area contributed by atoms with Crippen molar-refractivity contribution in [3.8, 4) is 5.75 Å². The van der Waals surface area contributed by atoms with Gasteiger partial charge in [-0.15, -0.1) is 11.8 Å². The number of hydrogen-bond acceptors (Lipinski definition) is 6. The number of rotatable bonds is 5. The number of nitrogens with zero attached hydrogens (tertiary/aromatic N) is 1. The first-order valence-corrected chi connectivity index (χ1v) is 15.9. The molecule has 1 aromatic heterocycles. The van der Waals surface area contributed by atoms with Gasteiger partial charge in [-0.25, -0.2) is 4.39 Å². The lowest BCUT2D eigenvalue weighted by Crippen LogP contribution is -2.42. The van der Waals surface area contributed by atoms with Crippen LogP contribution in [0.2, 0.25) is 0 Å². The fourth-order valence-electron chi connectivity index (χ4n) is 8.01. The third-order valence-electron chi connectivity index (χ3n) is 9.71. The number of aryl methyl sites for hydroxylation is 1. The summed E-state index contributed by atoms with van der Waals surface area (Å²) in [6.45, 7) is 2.49. The molecule has 1 saturated heterocycles. The van der Waals surface area contributed by atoms with Crippen LogP contribution in [0.3, 0.4) is 0 Å². The number of para-hydroxylation sites is 1. The number of aromatic nitrogens is 1. The normalized spacial score (nSPS) is 29.0. The number of halogens is 1. The van der Waals surface area contributed by atoms with Gasteiger partial charge in [0.1, 0.15) is 18.2 Å². The van der Waals surface area contributed by atoms with Crippen molar-refractivity contribution in [3.63, 3.8) is 0 Å². The first-order valence-electron chi connectivity index (χ1n) is 14.2. The van der Waals surface area contributed by atoms with Crippen molar-refractivity contribution in [2.75, 3.05) is 4.90 Å². The van der Waals surface area contributed by atoms with E-state index in [4.69, 9.17) is 4.74 Å². The minimum absolute atomic E-state index is 0.0102. The summed E-state index contributed by atoms with van der Waals surface area (Å²) in [7, 11) is 0. The highest BCUT2D eigenvalue weighted by atomic mass is 32.2. The summed E-state index contributed by atoms with van der Waals surface area (Å²) in [4.78, 5) is 45.6. The molecule has 2 saturated carbocycles. The van der Waals surface area contributed by atoms with Gasteiger partial charge in [-0.2, -0.15) is 0 Å². The Balaban J connectivity index is 1.19. The number of aromatic amines is 1. The Morgan fingerprint density at radius 3 is 2.43 bits per heavy atom. The van der Waals surface area contributed by atoms with Gasteiger partial charge in [-0.3, -0.25) is 19.3 Å². The van der Waals surface area contributed by atoms with Crippen LogP contribution in [0.15, 0.2) is 82.6 Å². The summed E-state index contributed by atoms with van der Waals surface area (Å²) in [6.07, 6.45) is 0.800. The van der Waals surface area contributed by atoms with E-state index in [2.05, 4.69) is 30.1 Å². The highest BCUT2D eigenvalue weighted by Crippen LogP contribution is 2.69. The van der Waals surface area contributed by atoms with E-state index in [1.54, 1.807) is 11.8 Å². The van der Waals surface area contributed by atoms with Gasteiger partial charge >= 0.3 is 4.87 Å². The Hall–Kier alpha value is -3.69. The summed E-state index contributed by atoms with van der Waals surface area (Å²) < 4.78 is 20.1. The van der Waals surface area contributed by atoms with Crippen molar-refractivity contribution in [3.05, 3.63) is 110 Å². The zero-order valence-corrected chi connectivity index (χ0v) is 24.3. The Kier molecular flexibility index (Phi) is 5.98. The number of amides is 2. The molecule has 9 heteroatoms. The monoisotopic (exact) mass is 598 g/mol. The first kappa shape index (κ1) is 26.0. The van der Waals surface area contributed by atoms with Crippen molar-refractivity contribution in [1.29, 1.82) is 0 Å². The number of carbonyl (C=O) groups is 2. The standard InChI is InChI=1S/C33H27FN2O4S2/c1-16-6-2-3-7-17(16)15-40-23-9-5-4-8-20(23)24-25-21-14-22(28(25)41-30-29(24)42-33(39)35-30)27-26(21)31(37)36(32(27)38)19-12-10-18(34)11-13-19/h2-13,21-22,24-28H,14-15H2,1H3,(H,35,39)/t21-,22-,24?,25?,26?,27?,28?/m1/s1. The van der Waals surface area contributed by atoms with Gasteiger partial charge in [0.15, 0.2) is 0 Å². The largest absolute Gasteiger partial charge is 0.489 e. The summed E-state index contributed by atoms with van der Waals surface area (Å²) in [5.74, 6) is -0.924.